The molecule has 226 valence electrons. The molecule has 9 nitrogen and oxygen atoms in total. The van der Waals surface area contributed by atoms with Gasteiger partial charge in [-0.15, -0.1) is 0 Å². The molecule has 2 heterocycles. The van der Waals surface area contributed by atoms with Crippen molar-refractivity contribution in [1.29, 1.82) is 0 Å². The fraction of sp³-hybridized carbons (Fsp3) is 0.241. The van der Waals surface area contributed by atoms with E-state index in [1.165, 1.54) is 34.6 Å². The minimum atomic E-state index is -4.46. The molecule has 0 saturated carbocycles. The van der Waals surface area contributed by atoms with Gasteiger partial charge in [0.1, 0.15) is 24.7 Å². The molecule has 2 saturated heterocycles. The Morgan fingerprint density at radius 1 is 0.907 bits per heavy atom. The van der Waals surface area contributed by atoms with Gasteiger partial charge in [-0.05, 0) is 65.4 Å². The molecule has 2 fully saturated rings. The normalized spacial score (nSPS) is 17.2. The highest BCUT2D eigenvalue weighted by molar-refractivity contribution is 8.18. The predicted octanol–water partition coefficient (Wildman–Crippen LogP) is 5.21. The lowest BCUT2D eigenvalue weighted by atomic mass is 10.1. The minimum absolute atomic E-state index is 0.0743. The van der Waals surface area contributed by atoms with Crippen molar-refractivity contribution in [3.05, 3.63) is 93.9 Å². The van der Waals surface area contributed by atoms with Gasteiger partial charge in [-0.1, -0.05) is 24.3 Å². The van der Waals surface area contributed by atoms with Crippen LogP contribution in [0.15, 0.2) is 76.5 Å². The van der Waals surface area contributed by atoms with Gasteiger partial charge in [0.15, 0.2) is 0 Å². The van der Waals surface area contributed by atoms with Crippen LogP contribution >= 0.6 is 11.8 Å². The Morgan fingerprint density at radius 3 is 2.14 bits per heavy atom. The Hall–Kier alpha value is -3.85. The van der Waals surface area contributed by atoms with Crippen LogP contribution in [0.5, 0.6) is 11.5 Å². The average molecular weight is 635 g/mol. The summed E-state index contributed by atoms with van der Waals surface area (Å²) < 4.78 is 82.9. The molecule has 0 unspecified atom stereocenters. The van der Waals surface area contributed by atoms with E-state index in [1.54, 1.807) is 30.3 Å². The van der Waals surface area contributed by atoms with Gasteiger partial charge in [0.25, 0.3) is 11.1 Å². The Bertz CT molecular complexity index is 1640. The number of nitrogens with one attached hydrogen (secondary N) is 1. The third kappa shape index (κ3) is 7.57. The van der Waals surface area contributed by atoms with Gasteiger partial charge in [-0.3, -0.25) is 14.9 Å². The number of morpholine rings is 1. The highest BCUT2D eigenvalue weighted by atomic mass is 32.2. The molecule has 0 atom stereocenters. The number of carbonyl (C=O) groups is 2. The molecule has 2 aliphatic rings. The summed E-state index contributed by atoms with van der Waals surface area (Å²) in [4.78, 5) is 24.0. The first-order valence-corrected chi connectivity index (χ1v) is 15.2. The van der Waals surface area contributed by atoms with Crippen molar-refractivity contribution in [1.82, 2.24) is 9.62 Å². The molecule has 5 rings (SSSR count). The van der Waals surface area contributed by atoms with Crippen LogP contribution in [0.2, 0.25) is 0 Å². The number of thioether (sulfide) groups is 1. The molecule has 3 aromatic carbocycles. The molecule has 0 spiro atoms. The molecule has 14 heteroatoms. The van der Waals surface area contributed by atoms with E-state index in [2.05, 4.69) is 5.32 Å². The van der Waals surface area contributed by atoms with Crippen LogP contribution in [0.3, 0.4) is 0 Å². The molecule has 0 radical (unpaired) electrons. The number of ether oxygens (including phenoxy) is 3. The number of halogens is 3. The molecule has 2 aliphatic heterocycles. The van der Waals surface area contributed by atoms with Crippen LogP contribution in [0.25, 0.3) is 6.08 Å². The molecular weight excluding hydrogens is 609 g/mol. The Morgan fingerprint density at radius 2 is 1.53 bits per heavy atom. The molecule has 3 aromatic rings. The highest BCUT2D eigenvalue weighted by Gasteiger charge is 2.30. The summed E-state index contributed by atoms with van der Waals surface area (Å²) in [6.07, 6.45) is -2.98. The summed E-state index contributed by atoms with van der Waals surface area (Å²) in [5.41, 5.74) is 0.854. The van der Waals surface area contributed by atoms with Crippen LogP contribution in [-0.2, 0) is 38.9 Å². The zero-order valence-corrected chi connectivity index (χ0v) is 24.1. The third-order valence-corrected chi connectivity index (χ3v) is 9.25. The fourth-order valence-corrected chi connectivity index (χ4v) is 6.30. The maximum Gasteiger partial charge on any atom is 0.416 e. The standard InChI is InChI=1S/C29H25F3N2O7S2/c30-29(31,32)22-6-1-19(2-7-22)18-41-25-16-23(8-5-21(25)15-26-27(35)33-28(36)42-26)40-17-20-3-9-24(10-4-20)43(37,38)34-11-13-39-14-12-34/h1-10,15-16H,11-14,17-18H2,(H,33,35,36)/b26-15-. The van der Waals surface area contributed by atoms with E-state index in [-0.39, 0.29) is 28.8 Å². The number of nitrogens with zero attached hydrogens (tertiary/aromatic N) is 1. The molecule has 2 amide bonds. The van der Waals surface area contributed by atoms with E-state index in [1.807, 2.05) is 0 Å². The van der Waals surface area contributed by atoms with E-state index < -0.39 is 32.9 Å². The number of rotatable bonds is 9. The lowest BCUT2D eigenvalue weighted by molar-refractivity contribution is -0.137. The zero-order valence-electron chi connectivity index (χ0n) is 22.4. The number of hydrogen-bond acceptors (Lipinski definition) is 8. The quantitative estimate of drug-likeness (QED) is 0.320. The van der Waals surface area contributed by atoms with Crippen molar-refractivity contribution in [3.63, 3.8) is 0 Å². The number of hydrogen-bond donors (Lipinski definition) is 1. The van der Waals surface area contributed by atoms with Gasteiger partial charge in [-0.2, -0.15) is 17.5 Å². The van der Waals surface area contributed by atoms with E-state index in [0.29, 0.717) is 48.7 Å². The molecular formula is C29H25F3N2O7S2. The summed E-state index contributed by atoms with van der Waals surface area (Å²) in [6, 6.07) is 15.7. The zero-order chi connectivity index (χ0) is 30.6. The number of sulfonamides is 1. The molecule has 1 N–H and O–H groups in total. The summed E-state index contributed by atoms with van der Waals surface area (Å²) in [5, 5.41) is 1.67. The van der Waals surface area contributed by atoms with Gasteiger partial charge in [0.05, 0.1) is 28.6 Å². The van der Waals surface area contributed by atoms with E-state index in [9.17, 15) is 31.2 Å². The second-order valence-corrected chi connectivity index (χ2v) is 12.4. The van der Waals surface area contributed by atoms with Crippen molar-refractivity contribution in [2.24, 2.45) is 0 Å². The number of imide groups is 1. The van der Waals surface area contributed by atoms with Gasteiger partial charge in [-0.25, -0.2) is 8.42 Å². The van der Waals surface area contributed by atoms with Crippen LogP contribution < -0.4 is 14.8 Å². The largest absolute Gasteiger partial charge is 0.489 e. The molecule has 43 heavy (non-hydrogen) atoms. The van der Waals surface area contributed by atoms with Crippen LogP contribution in [0, 0.1) is 0 Å². The summed E-state index contributed by atoms with van der Waals surface area (Å²) in [7, 11) is -3.63. The predicted molar refractivity (Wildman–Crippen MR) is 152 cm³/mol. The van der Waals surface area contributed by atoms with Crippen molar-refractivity contribution < 1.29 is 45.4 Å². The molecule has 0 aliphatic carbocycles. The second-order valence-electron chi connectivity index (χ2n) is 9.48. The van der Waals surface area contributed by atoms with Crippen LogP contribution in [0.4, 0.5) is 18.0 Å². The Balaban J connectivity index is 1.31. The first-order valence-electron chi connectivity index (χ1n) is 13.0. The lowest BCUT2D eigenvalue weighted by Crippen LogP contribution is -2.40. The van der Waals surface area contributed by atoms with Gasteiger partial charge >= 0.3 is 6.18 Å². The summed E-state index contributed by atoms with van der Waals surface area (Å²) >= 11 is 0.735. The fourth-order valence-electron chi connectivity index (χ4n) is 4.22. The Kier molecular flexibility index (Phi) is 9.11. The minimum Gasteiger partial charge on any atom is -0.489 e. The molecule has 0 aromatic heterocycles. The number of benzene rings is 3. The van der Waals surface area contributed by atoms with E-state index in [4.69, 9.17) is 14.2 Å². The summed E-state index contributed by atoms with van der Waals surface area (Å²) in [6.45, 7) is 1.31. The molecule has 0 bridgehead atoms. The SMILES string of the molecule is O=C1NC(=O)/C(=C/c2ccc(OCc3ccc(S(=O)(=O)N4CCOCC4)cc3)cc2OCc2ccc(C(F)(F)F)cc2)S1. The van der Waals surface area contributed by atoms with Crippen molar-refractivity contribution >= 4 is 39.0 Å². The van der Waals surface area contributed by atoms with Crippen molar-refractivity contribution in [3.8, 4) is 11.5 Å². The Labute approximate surface area is 249 Å². The lowest BCUT2D eigenvalue weighted by Gasteiger charge is -2.26. The third-order valence-electron chi connectivity index (χ3n) is 6.53. The highest BCUT2D eigenvalue weighted by Crippen LogP contribution is 2.33. The van der Waals surface area contributed by atoms with E-state index >= 15 is 0 Å². The summed E-state index contributed by atoms with van der Waals surface area (Å²) in [5.74, 6) is 0.0990. The maximum atomic E-state index is 12.9. The topological polar surface area (TPSA) is 111 Å². The number of alkyl halides is 3. The van der Waals surface area contributed by atoms with Gasteiger partial charge < -0.3 is 14.2 Å². The van der Waals surface area contributed by atoms with Crippen LogP contribution in [0.1, 0.15) is 22.3 Å². The monoisotopic (exact) mass is 634 g/mol. The number of amides is 2. The number of carbonyl (C=O) groups excluding carboxylic acids is 2. The van der Waals surface area contributed by atoms with Crippen molar-refractivity contribution in [2.45, 2.75) is 24.3 Å². The first kappa shape index (κ1) is 30.6. The maximum absolute atomic E-state index is 12.9. The van der Waals surface area contributed by atoms with E-state index in [0.717, 1.165) is 23.9 Å². The van der Waals surface area contributed by atoms with Gasteiger partial charge in [0.2, 0.25) is 10.0 Å². The smallest absolute Gasteiger partial charge is 0.416 e. The van der Waals surface area contributed by atoms with Crippen LogP contribution in [-0.4, -0.2) is 50.2 Å². The van der Waals surface area contributed by atoms with Gasteiger partial charge in [0, 0.05) is 24.7 Å². The second kappa shape index (κ2) is 12.8. The average Bonchev–Trinajstić information content (AvgIpc) is 3.32. The van der Waals surface area contributed by atoms with Crippen molar-refractivity contribution in [2.75, 3.05) is 26.3 Å². The first-order chi connectivity index (χ1) is 20.5.